The van der Waals surface area contributed by atoms with Gasteiger partial charge >= 0.3 is 0 Å². The van der Waals surface area contributed by atoms with Crippen molar-refractivity contribution in [2.24, 2.45) is 0 Å². The summed E-state index contributed by atoms with van der Waals surface area (Å²) in [4.78, 5) is 37.9. The number of carbonyl (C=O) groups is 3. The standard InChI is InChI=1S/C29H23ClN2O4/c1-19-7-12-23(13-8-19)31-29(35)21-9-14-24(15-10-21)36-18-27(33)32-26-16-11-22(30)17-25(26)28(34)20-5-3-2-4-6-20/h2-17H,18H2,1H3,(H,31,35)(H,32,33). The van der Waals surface area contributed by atoms with E-state index in [-0.39, 0.29) is 23.9 Å². The van der Waals surface area contributed by atoms with Gasteiger partial charge in [0.25, 0.3) is 11.8 Å². The smallest absolute Gasteiger partial charge is 0.262 e. The van der Waals surface area contributed by atoms with Crippen LogP contribution in [0.1, 0.15) is 31.8 Å². The summed E-state index contributed by atoms with van der Waals surface area (Å²) in [5.74, 6) is -0.523. The molecule has 2 amide bonds. The zero-order chi connectivity index (χ0) is 25.5. The first-order valence-corrected chi connectivity index (χ1v) is 11.6. The molecule has 0 aromatic heterocycles. The Balaban J connectivity index is 1.36. The molecule has 0 fully saturated rings. The van der Waals surface area contributed by atoms with Gasteiger partial charge in [0.1, 0.15) is 5.75 Å². The summed E-state index contributed by atoms with van der Waals surface area (Å²) in [6.07, 6.45) is 0. The topological polar surface area (TPSA) is 84.5 Å². The third kappa shape index (κ3) is 6.37. The van der Waals surface area contributed by atoms with Crippen LogP contribution in [0.25, 0.3) is 0 Å². The Bertz CT molecular complexity index is 1390. The second kappa shape index (κ2) is 11.3. The zero-order valence-electron chi connectivity index (χ0n) is 19.5. The molecule has 4 rings (SSSR count). The molecule has 0 aliphatic rings. The number of aryl methyl sites for hydroxylation is 1. The number of hydrogen-bond donors (Lipinski definition) is 2. The summed E-state index contributed by atoms with van der Waals surface area (Å²) in [7, 11) is 0. The van der Waals surface area contributed by atoms with Gasteiger partial charge in [-0.2, -0.15) is 0 Å². The SMILES string of the molecule is Cc1ccc(NC(=O)c2ccc(OCC(=O)Nc3ccc(Cl)cc3C(=O)c3ccccc3)cc2)cc1. The average Bonchev–Trinajstić information content (AvgIpc) is 2.90. The van der Waals surface area contributed by atoms with Gasteiger partial charge in [0.2, 0.25) is 0 Å². The molecule has 0 atom stereocenters. The van der Waals surface area contributed by atoms with Crippen molar-refractivity contribution in [2.45, 2.75) is 6.92 Å². The molecular formula is C29H23ClN2O4. The summed E-state index contributed by atoms with van der Waals surface area (Å²) < 4.78 is 5.56. The van der Waals surface area contributed by atoms with Gasteiger partial charge in [0.15, 0.2) is 12.4 Å². The number of nitrogens with one attached hydrogen (secondary N) is 2. The largest absolute Gasteiger partial charge is 0.484 e. The van der Waals surface area contributed by atoms with Crippen LogP contribution in [0, 0.1) is 6.92 Å². The van der Waals surface area contributed by atoms with E-state index in [9.17, 15) is 14.4 Å². The Labute approximate surface area is 213 Å². The Morgan fingerprint density at radius 1 is 0.778 bits per heavy atom. The molecule has 7 heteroatoms. The second-order valence-electron chi connectivity index (χ2n) is 8.07. The predicted octanol–water partition coefficient (Wildman–Crippen LogP) is 6.15. The lowest BCUT2D eigenvalue weighted by atomic mass is 10.0. The molecule has 0 saturated heterocycles. The number of benzene rings is 4. The lowest BCUT2D eigenvalue weighted by molar-refractivity contribution is -0.118. The maximum atomic E-state index is 12.9. The van der Waals surface area contributed by atoms with Crippen LogP contribution in [-0.4, -0.2) is 24.2 Å². The Morgan fingerprint density at radius 2 is 1.47 bits per heavy atom. The predicted molar refractivity (Wildman–Crippen MR) is 141 cm³/mol. The van der Waals surface area contributed by atoms with E-state index in [0.29, 0.717) is 33.3 Å². The molecule has 0 aliphatic carbocycles. The maximum absolute atomic E-state index is 12.9. The van der Waals surface area contributed by atoms with Gasteiger partial charge in [-0.1, -0.05) is 59.6 Å². The van der Waals surface area contributed by atoms with E-state index < -0.39 is 5.91 Å². The van der Waals surface area contributed by atoms with E-state index in [4.69, 9.17) is 16.3 Å². The zero-order valence-corrected chi connectivity index (χ0v) is 20.2. The van der Waals surface area contributed by atoms with Crippen LogP contribution in [0.15, 0.2) is 97.1 Å². The molecule has 0 unspecified atom stereocenters. The number of ketones is 1. The van der Waals surface area contributed by atoms with Gasteiger partial charge in [-0.15, -0.1) is 0 Å². The molecule has 6 nitrogen and oxygen atoms in total. The number of hydrogen-bond acceptors (Lipinski definition) is 4. The van der Waals surface area contributed by atoms with Gasteiger partial charge in [-0.05, 0) is 61.5 Å². The fraction of sp³-hybridized carbons (Fsp3) is 0.0690. The Kier molecular flexibility index (Phi) is 7.78. The lowest BCUT2D eigenvalue weighted by Crippen LogP contribution is -2.21. The molecule has 0 heterocycles. The highest BCUT2D eigenvalue weighted by Crippen LogP contribution is 2.24. The minimum atomic E-state index is -0.444. The van der Waals surface area contributed by atoms with E-state index in [1.807, 2.05) is 37.3 Å². The summed E-state index contributed by atoms with van der Waals surface area (Å²) >= 11 is 6.09. The molecule has 36 heavy (non-hydrogen) atoms. The van der Waals surface area contributed by atoms with Crippen LogP contribution in [0.3, 0.4) is 0 Å². The van der Waals surface area contributed by atoms with Crippen LogP contribution in [0.5, 0.6) is 5.75 Å². The molecule has 0 spiro atoms. The van der Waals surface area contributed by atoms with Crippen LogP contribution in [-0.2, 0) is 4.79 Å². The van der Waals surface area contributed by atoms with Crippen molar-refractivity contribution in [3.8, 4) is 5.75 Å². The number of anilines is 2. The first-order chi connectivity index (χ1) is 17.4. The third-order valence-corrected chi connectivity index (χ3v) is 5.57. The monoisotopic (exact) mass is 498 g/mol. The molecule has 0 aliphatic heterocycles. The fourth-order valence-electron chi connectivity index (χ4n) is 3.44. The van der Waals surface area contributed by atoms with Crippen LogP contribution in [0.2, 0.25) is 5.02 Å². The van der Waals surface area contributed by atoms with Gasteiger partial charge in [0, 0.05) is 27.4 Å². The average molecular weight is 499 g/mol. The normalized spacial score (nSPS) is 10.4. The molecular weight excluding hydrogens is 476 g/mol. The molecule has 2 N–H and O–H groups in total. The van der Waals surface area contributed by atoms with E-state index in [2.05, 4.69) is 10.6 Å². The summed E-state index contributed by atoms with van der Waals surface area (Å²) in [5, 5.41) is 5.93. The molecule has 0 saturated carbocycles. The Morgan fingerprint density at radius 3 is 2.17 bits per heavy atom. The van der Waals surface area contributed by atoms with Crippen molar-refractivity contribution in [1.29, 1.82) is 0 Å². The highest BCUT2D eigenvalue weighted by Gasteiger charge is 2.16. The van der Waals surface area contributed by atoms with Crippen molar-refractivity contribution in [3.05, 3.63) is 124 Å². The molecule has 180 valence electrons. The van der Waals surface area contributed by atoms with Crippen molar-refractivity contribution < 1.29 is 19.1 Å². The number of amides is 2. The van der Waals surface area contributed by atoms with Gasteiger partial charge in [-0.3, -0.25) is 14.4 Å². The van der Waals surface area contributed by atoms with Crippen molar-refractivity contribution in [1.82, 2.24) is 0 Å². The minimum Gasteiger partial charge on any atom is -0.484 e. The quantitative estimate of drug-likeness (QED) is 0.285. The molecule has 0 radical (unpaired) electrons. The first-order valence-electron chi connectivity index (χ1n) is 11.2. The fourth-order valence-corrected chi connectivity index (χ4v) is 3.61. The lowest BCUT2D eigenvalue weighted by Gasteiger charge is -2.12. The van der Waals surface area contributed by atoms with E-state index in [1.165, 1.54) is 6.07 Å². The highest BCUT2D eigenvalue weighted by molar-refractivity contribution is 6.31. The molecule has 4 aromatic rings. The van der Waals surface area contributed by atoms with Crippen LogP contribution in [0.4, 0.5) is 11.4 Å². The van der Waals surface area contributed by atoms with Gasteiger partial charge < -0.3 is 15.4 Å². The van der Waals surface area contributed by atoms with Crippen LogP contribution >= 0.6 is 11.6 Å². The van der Waals surface area contributed by atoms with Crippen molar-refractivity contribution >= 4 is 40.6 Å². The summed E-state index contributed by atoms with van der Waals surface area (Å²) in [6, 6.07) is 27.4. The van der Waals surface area contributed by atoms with Crippen LogP contribution < -0.4 is 15.4 Å². The van der Waals surface area contributed by atoms with Crippen molar-refractivity contribution in [3.63, 3.8) is 0 Å². The highest BCUT2D eigenvalue weighted by atomic mass is 35.5. The maximum Gasteiger partial charge on any atom is 0.262 e. The summed E-state index contributed by atoms with van der Waals surface area (Å²) in [5.41, 5.74) is 3.37. The van der Waals surface area contributed by atoms with E-state index >= 15 is 0 Å². The van der Waals surface area contributed by atoms with Crippen molar-refractivity contribution in [2.75, 3.05) is 17.2 Å². The molecule has 4 aromatic carbocycles. The number of ether oxygens (including phenoxy) is 1. The van der Waals surface area contributed by atoms with Gasteiger partial charge in [0.05, 0.1) is 5.69 Å². The van der Waals surface area contributed by atoms with E-state index in [1.54, 1.807) is 60.7 Å². The molecule has 0 bridgehead atoms. The number of halogens is 1. The van der Waals surface area contributed by atoms with E-state index in [0.717, 1.165) is 5.56 Å². The Hall–Kier alpha value is -4.42. The third-order valence-electron chi connectivity index (χ3n) is 5.33. The summed E-state index contributed by atoms with van der Waals surface area (Å²) in [6.45, 7) is 1.69. The number of carbonyl (C=O) groups excluding carboxylic acids is 3. The minimum absolute atomic E-state index is 0.249. The van der Waals surface area contributed by atoms with Gasteiger partial charge in [-0.25, -0.2) is 0 Å². The first kappa shape index (κ1) is 24.7. The number of rotatable bonds is 8. The second-order valence-corrected chi connectivity index (χ2v) is 8.50.